The summed E-state index contributed by atoms with van der Waals surface area (Å²) in [6, 6.07) is 0.907. The van der Waals surface area contributed by atoms with E-state index in [4.69, 9.17) is 0 Å². The van der Waals surface area contributed by atoms with Crippen molar-refractivity contribution in [2.45, 2.75) is 33.2 Å². The summed E-state index contributed by atoms with van der Waals surface area (Å²) in [7, 11) is 0. The highest BCUT2D eigenvalue weighted by Gasteiger charge is 2.43. The molecule has 0 aromatic carbocycles. The Kier molecular flexibility index (Phi) is 2.12. The summed E-state index contributed by atoms with van der Waals surface area (Å²) in [4.78, 5) is 0. The smallest absolute Gasteiger partial charge is 0.00991 e. The Bertz CT molecular complexity index is 76.6. The van der Waals surface area contributed by atoms with Crippen molar-refractivity contribution < 1.29 is 0 Å². The molecule has 3 atom stereocenters. The number of hydrogen-bond acceptors (Lipinski definition) is 1. The molecule has 9 heavy (non-hydrogen) atoms. The third-order valence-electron chi connectivity index (χ3n) is 2.58. The number of hydrogen-bond donors (Lipinski definition) is 1. The van der Waals surface area contributed by atoms with Crippen LogP contribution < -0.4 is 5.32 Å². The Morgan fingerprint density at radius 3 is 2.11 bits per heavy atom. The molecule has 1 saturated carbocycles. The Hall–Kier alpha value is -0.0400. The quantitative estimate of drug-likeness (QED) is 0.521. The van der Waals surface area contributed by atoms with E-state index in [1.54, 1.807) is 0 Å². The molecule has 1 nitrogen and oxygen atoms in total. The maximum absolute atomic E-state index is 3.44. The predicted molar refractivity (Wildman–Crippen MR) is 40.4 cm³/mol. The van der Waals surface area contributed by atoms with Crippen LogP contribution >= 0.6 is 0 Å². The first-order chi connectivity index (χ1) is 4.38. The van der Waals surface area contributed by atoms with Gasteiger partial charge < -0.3 is 5.32 Å². The topological polar surface area (TPSA) is 12.0 Å². The lowest BCUT2D eigenvalue weighted by molar-refractivity contribution is 0.239. The van der Waals surface area contributed by atoms with Crippen molar-refractivity contribution in [3.05, 3.63) is 0 Å². The van der Waals surface area contributed by atoms with Crippen LogP contribution in [0, 0.1) is 11.8 Å². The lowest BCUT2D eigenvalue weighted by Gasteiger charge is -2.30. The molecule has 0 amide bonds. The van der Waals surface area contributed by atoms with Crippen LogP contribution in [-0.4, -0.2) is 12.6 Å². The molecule has 3 rings (SSSR count). The zero-order valence-electron chi connectivity index (χ0n) is 6.65. The molecule has 0 spiro atoms. The van der Waals surface area contributed by atoms with Crippen LogP contribution in [-0.2, 0) is 0 Å². The average Bonchev–Trinajstić information content (AvgIpc) is 2.49. The zero-order valence-corrected chi connectivity index (χ0v) is 6.65. The molecule has 54 valence electrons. The van der Waals surface area contributed by atoms with E-state index >= 15 is 0 Å². The molecule has 2 bridgehead atoms. The number of rotatable bonds is 0. The van der Waals surface area contributed by atoms with Gasteiger partial charge in [-0.25, -0.2) is 0 Å². The van der Waals surface area contributed by atoms with Crippen molar-refractivity contribution in [2.24, 2.45) is 11.8 Å². The minimum Gasteiger partial charge on any atom is -0.313 e. The Morgan fingerprint density at radius 1 is 1.33 bits per heavy atom. The largest absolute Gasteiger partial charge is 0.313 e. The summed E-state index contributed by atoms with van der Waals surface area (Å²) in [5.41, 5.74) is 0. The van der Waals surface area contributed by atoms with E-state index in [-0.39, 0.29) is 0 Å². The number of fused-ring (bicyclic) bond motifs is 1. The van der Waals surface area contributed by atoms with Gasteiger partial charge in [-0.05, 0) is 24.8 Å². The SMILES string of the molecule is CC.CC1C2CNC1C2. The van der Waals surface area contributed by atoms with Gasteiger partial charge in [-0.2, -0.15) is 0 Å². The van der Waals surface area contributed by atoms with Crippen molar-refractivity contribution in [1.82, 2.24) is 5.32 Å². The summed E-state index contributed by atoms with van der Waals surface area (Å²) in [5, 5.41) is 3.44. The minimum atomic E-state index is 0.907. The van der Waals surface area contributed by atoms with Crippen molar-refractivity contribution in [3.8, 4) is 0 Å². The molecule has 0 radical (unpaired) electrons. The fraction of sp³-hybridized carbons (Fsp3) is 1.00. The maximum Gasteiger partial charge on any atom is 0.00991 e. The van der Waals surface area contributed by atoms with Gasteiger partial charge >= 0.3 is 0 Å². The van der Waals surface area contributed by atoms with Crippen LogP contribution in [0.4, 0.5) is 0 Å². The van der Waals surface area contributed by atoms with Gasteiger partial charge in [0, 0.05) is 6.04 Å². The predicted octanol–water partition coefficient (Wildman–Crippen LogP) is 1.64. The molecular formula is C8H17N. The average molecular weight is 127 g/mol. The molecule has 2 heterocycles. The minimum absolute atomic E-state index is 0.907. The van der Waals surface area contributed by atoms with E-state index < -0.39 is 0 Å². The third kappa shape index (κ3) is 0.983. The molecule has 2 saturated heterocycles. The van der Waals surface area contributed by atoms with Crippen molar-refractivity contribution in [1.29, 1.82) is 0 Å². The Labute approximate surface area is 57.8 Å². The number of nitrogens with one attached hydrogen (secondary N) is 1. The second kappa shape index (κ2) is 2.70. The van der Waals surface area contributed by atoms with E-state index in [2.05, 4.69) is 12.2 Å². The van der Waals surface area contributed by atoms with E-state index in [1.165, 1.54) is 13.0 Å². The summed E-state index contributed by atoms with van der Waals surface area (Å²) in [5.74, 6) is 2.05. The van der Waals surface area contributed by atoms with Crippen molar-refractivity contribution >= 4 is 0 Å². The standard InChI is InChI=1S/C6H11N.C2H6/c1-4-5-2-6(4)7-3-5;1-2/h4-7H,2-3H2,1H3;1-2H3. The third-order valence-corrected chi connectivity index (χ3v) is 2.58. The second-order valence-electron chi connectivity index (χ2n) is 2.87. The van der Waals surface area contributed by atoms with Crippen molar-refractivity contribution in [3.63, 3.8) is 0 Å². The van der Waals surface area contributed by atoms with E-state index in [0.29, 0.717) is 0 Å². The molecule has 3 aliphatic rings. The van der Waals surface area contributed by atoms with Crippen LogP contribution in [0.15, 0.2) is 0 Å². The lowest BCUT2D eigenvalue weighted by atomic mass is 9.75. The highest BCUT2D eigenvalue weighted by Crippen LogP contribution is 2.39. The fourth-order valence-electron chi connectivity index (χ4n) is 1.73. The van der Waals surface area contributed by atoms with E-state index in [0.717, 1.165) is 17.9 Å². The van der Waals surface area contributed by atoms with Gasteiger partial charge in [0.05, 0.1) is 0 Å². The van der Waals surface area contributed by atoms with E-state index in [1.807, 2.05) is 13.8 Å². The van der Waals surface area contributed by atoms with Gasteiger partial charge in [0.1, 0.15) is 0 Å². The second-order valence-corrected chi connectivity index (χ2v) is 2.87. The lowest BCUT2D eigenvalue weighted by Crippen LogP contribution is -2.34. The fourth-order valence-corrected chi connectivity index (χ4v) is 1.73. The zero-order chi connectivity index (χ0) is 6.85. The molecule has 3 fully saturated rings. The highest BCUT2D eigenvalue weighted by molar-refractivity contribution is 4.99. The first-order valence-corrected chi connectivity index (χ1v) is 4.11. The molecule has 0 aromatic rings. The highest BCUT2D eigenvalue weighted by atomic mass is 15.0. The molecule has 1 heteroatoms. The Balaban J connectivity index is 0.000000186. The molecule has 1 N–H and O–H groups in total. The molecule has 0 aromatic heterocycles. The van der Waals surface area contributed by atoms with Gasteiger partial charge in [0.25, 0.3) is 0 Å². The van der Waals surface area contributed by atoms with Crippen LogP contribution in [0.3, 0.4) is 0 Å². The monoisotopic (exact) mass is 127 g/mol. The van der Waals surface area contributed by atoms with Crippen LogP contribution in [0.5, 0.6) is 0 Å². The van der Waals surface area contributed by atoms with Crippen LogP contribution in [0.25, 0.3) is 0 Å². The summed E-state index contributed by atoms with van der Waals surface area (Å²) >= 11 is 0. The summed E-state index contributed by atoms with van der Waals surface area (Å²) in [6.07, 6.45) is 1.46. The van der Waals surface area contributed by atoms with E-state index in [9.17, 15) is 0 Å². The van der Waals surface area contributed by atoms with Gasteiger partial charge in [-0.15, -0.1) is 0 Å². The van der Waals surface area contributed by atoms with Gasteiger partial charge in [-0.3, -0.25) is 0 Å². The Morgan fingerprint density at radius 2 is 2.00 bits per heavy atom. The van der Waals surface area contributed by atoms with Crippen LogP contribution in [0.1, 0.15) is 27.2 Å². The van der Waals surface area contributed by atoms with Crippen LogP contribution in [0.2, 0.25) is 0 Å². The molecule has 2 aliphatic heterocycles. The maximum atomic E-state index is 3.44. The first kappa shape index (κ1) is 7.07. The molecule has 1 aliphatic carbocycles. The summed E-state index contributed by atoms with van der Waals surface area (Å²) in [6.45, 7) is 7.64. The summed E-state index contributed by atoms with van der Waals surface area (Å²) < 4.78 is 0. The molecule has 3 unspecified atom stereocenters. The van der Waals surface area contributed by atoms with Gasteiger partial charge in [0.2, 0.25) is 0 Å². The van der Waals surface area contributed by atoms with Gasteiger partial charge in [-0.1, -0.05) is 20.8 Å². The first-order valence-electron chi connectivity index (χ1n) is 4.11. The molecular weight excluding hydrogens is 110 g/mol. The van der Waals surface area contributed by atoms with Gasteiger partial charge in [0.15, 0.2) is 0 Å². The van der Waals surface area contributed by atoms with Crippen molar-refractivity contribution in [2.75, 3.05) is 6.54 Å². The normalized spacial score (nSPS) is 45.0.